The van der Waals surface area contributed by atoms with Crippen LogP contribution in [0.1, 0.15) is 10.4 Å². The van der Waals surface area contributed by atoms with Crippen LogP contribution in [0.2, 0.25) is 0 Å². The molecule has 12 heavy (non-hydrogen) atoms. The van der Waals surface area contributed by atoms with Crippen LogP contribution in [0.5, 0.6) is 0 Å². The van der Waals surface area contributed by atoms with Crippen LogP contribution in [-0.2, 0) is 10.8 Å². The molecule has 1 aliphatic heterocycles. The highest BCUT2D eigenvalue weighted by Crippen LogP contribution is 2.41. The van der Waals surface area contributed by atoms with E-state index in [1.807, 2.05) is 0 Å². The van der Waals surface area contributed by atoms with Crippen LogP contribution in [0.25, 0.3) is 0 Å². The van der Waals surface area contributed by atoms with Crippen LogP contribution in [0.3, 0.4) is 0 Å². The Morgan fingerprint density at radius 3 is 2.75 bits per heavy atom. The Labute approximate surface area is 76.8 Å². The number of carbonyl (C=O) groups excluding carboxylic acids is 1. The molecule has 0 spiro atoms. The lowest BCUT2D eigenvalue weighted by Gasteiger charge is -1.95. The van der Waals surface area contributed by atoms with Crippen molar-refractivity contribution in [2.24, 2.45) is 5.73 Å². The summed E-state index contributed by atoms with van der Waals surface area (Å²) < 4.78 is 11.0. The molecule has 2 rings (SSSR count). The first-order valence-corrected chi connectivity index (χ1v) is 4.80. The second kappa shape index (κ2) is 2.34. The zero-order chi connectivity index (χ0) is 8.88. The fraction of sp³-hybridized carbons (Fsp3) is 0. The van der Waals surface area contributed by atoms with E-state index < -0.39 is 16.7 Å². The topological polar surface area (TPSA) is 60.2 Å². The third kappa shape index (κ3) is 0.899. The summed E-state index contributed by atoms with van der Waals surface area (Å²) in [4.78, 5) is 12.6. The van der Waals surface area contributed by atoms with Gasteiger partial charge >= 0.3 is 0 Å². The Morgan fingerprint density at radius 2 is 2.17 bits per heavy atom. The number of rotatable bonds is 1. The van der Waals surface area contributed by atoms with Gasteiger partial charge in [-0.15, -0.1) is 12.6 Å². The molecule has 1 amide bonds. The van der Waals surface area contributed by atoms with Gasteiger partial charge in [-0.05, 0) is 12.1 Å². The van der Waals surface area contributed by atoms with E-state index in [-0.39, 0.29) is 0 Å². The number of hydrogen-bond acceptors (Lipinski definition) is 3. The molecular weight excluding hydrogens is 194 g/mol. The summed E-state index contributed by atoms with van der Waals surface area (Å²) >= 11 is 4.07. The maximum Gasteiger partial charge on any atom is 0.249 e. The molecule has 3 nitrogen and oxygen atoms in total. The van der Waals surface area contributed by atoms with Gasteiger partial charge in [0.25, 0.3) is 0 Å². The Hall–Kier alpha value is -0.810. The predicted molar refractivity (Wildman–Crippen MR) is 46.9 cm³/mol. The van der Waals surface area contributed by atoms with Crippen molar-refractivity contribution in [1.29, 1.82) is 0 Å². The minimum Gasteiger partial charge on any atom is -0.366 e. The molecule has 0 bridgehead atoms. The van der Waals surface area contributed by atoms with Crippen molar-refractivity contribution in [3.8, 4) is 0 Å². The van der Waals surface area contributed by atoms with Gasteiger partial charge in [0, 0.05) is 4.90 Å². The summed E-state index contributed by atoms with van der Waals surface area (Å²) in [6.45, 7) is 0. The molecule has 0 saturated carbocycles. The average Bonchev–Trinajstić information content (AvgIpc) is 2.63. The Morgan fingerprint density at radius 1 is 1.50 bits per heavy atom. The van der Waals surface area contributed by atoms with E-state index in [4.69, 9.17) is 5.73 Å². The van der Waals surface area contributed by atoms with Crippen LogP contribution in [0, 0.1) is 0 Å². The van der Waals surface area contributed by atoms with Crippen LogP contribution < -0.4 is 5.73 Å². The largest absolute Gasteiger partial charge is 0.366 e. The number of thiol groups is 1. The molecule has 1 aromatic rings. The summed E-state index contributed by atoms with van der Waals surface area (Å²) in [7, 11) is -1.04. The van der Waals surface area contributed by atoms with E-state index in [1.165, 1.54) is 0 Å². The Bertz CT molecular complexity index is 414. The molecule has 0 radical (unpaired) electrons. The highest BCUT2D eigenvalue weighted by molar-refractivity contribution is 7.92. The van der Waals surface area contributed by atoms with Crippen molar-refractivity contribution in [2.75, 3.05) is 0 Å². The van der Waals surface area contributed by atoms with Crippen LogP contribution in [0.15, 0.2) is 26.8 Å². The van der Waals surface area contributed by atoms with E-state index in [0.29, 0.717) is 15.4 Å². The molecule has 1 atom stereocenters. The lowest BCUT2D eigenvalue weighted by atomic mass is 10.2. The van der Waals surface area contributed by atoms with E-state index in [1.54, 1.807) is 12.1 Å². The van der Waals surface area contributed by atoms with Gasteiger partial charge in [0.05, 0.1) is 26.2 Å². The first-order chi connectivity index (χ1) is 5.63. The van der Waals surface area contributed by atoms with Crippen LogP contribution in [-0.4, -0.2) is 10.1 Å². The van der Waals surface area contributed by atoms with E-state index in [2.05, 4.69) is 12.6 Å². The maximum atomic E-state index is 11.0. The molecule has 1 aromatic carbocycles. The first kappa shape index (κ1) is 7.82. The number of amides is 1. The normalized spacial score (nSPS) is 18.6. The van der Waals surface area contributed by atoms with Gasteiger partial charge in [0.1, 0.15) is 0 Å². The van der Waals surface area contributed by atoms with Crippen LogP contribution >= 0.6 is 12.6 Å². The molecule has 62 valence electrons. The molecule has 2 N–H and O–H groups in total. The molecule has 5 heteroatoms. The summed E-state index contributed by atoms with van der Waals surface area (Å²) in [5, 5.41) is 0. The lowest BCUT2D eigenvalue weighted by Crippen LogP contribution is -2.11. The number of primary amides is 1. The van der Waals surface area contributed by atoms with Gasteiger partial charge in [-0.1, -0.05) is 0 Å². The molecular formula is C7H5NO2S2. The Balaban J connectivity index is 2.64. The summed E-state index contributed by atoms with van der Waals surface area (Å²) in [6.07, 6.45) is 0. The highest BCUT2D eigenvalue weighted by atomic mass is 32.2. The van der Waals surface area contributed by atoms with E-state index >= 15 is 0 Å². The second-order valence-corrected chi connectivity index (χ2v) is 4.25. The van der Waals surface area contributed by atoms with Gasteiger partial charge in [0.2, 0.25) is 5.91 Å². The lowest BCUT2D eigenvalue weighted by molar-refractivity contribution is 0.0997. The monoisotopic (exact) mass is 199 g/mol. The number of hydrogen-bond donors (Lipinski definition) is 2. The molecule has 1 unspecified atom stereocenters. The van der Waals surface area contributed by atoms with Crippen molar-refractivity contribution < 1.29 is 9.00 Å². The first-order valence-electron chi connectivity index (χ1n) is 3.20. The smallest absolute Gasteiger partial charge is 0.249 e. The molecule has 0 fully saturated rings. The molecule has 1 aliphatic rings. The van der Waals surface area contributed by atoms with Gasteiger partial charge < -0.3 is 5.73 Å². The molecule has 0 aromatic heterocycles. The van der Waals surface area contributed by atoms with Crippen molar-refractivity contribution in [1.82, 2.24) is 0 Å². The minimum absolute atomic E-state index is 0.336. The number of nitrogens with two attached hydrogens (primary N) is 1. The average molecular weight is 199 g/mol. The number of benzene rings is 1. The fourth-order valence-corrected chi connectivity index (χ4v) is 2.72. The van der Waals surface area contributed by atoms with Gasteiger partial charge in [-0.3, -0.25) is 4.79 Å². The highest BCUT2D eigenvalue weighted by Gasteiger charge is 2.33. The third-order valence-corrected chi connectivity index (χ3v) is 3.65. The fourth-order valence-electron chi connectivity index (χ4n) is 1.05. The Kier molecular flexibility index (Phi) is 1.52. The quantitative estimate of drug-likeness (QED) is 0.520. The van der Waals surface area contributed by atoms with Gasteiger partial charge in [-0.2, -0.15) is 0 Å². The molecule has 0 aliphatic carbocycles. The third-order valence-electron chi connectivity index (χ3n) is 1.70. The zero-order valence-corrected chi connectivity index (χ0v) is 7.61. The van der Waals surface area contributed by atoms with Crippen molar-refractivity contribution in [3.63, 3.8) is 0 Å². The van der Waals surface area contributed by atoms with Crippen molar-refractivity contribution >= 4 is 29.3 Å². The van der Waals surface area contributed by atoms with Gasteiger partial charge in [0.15, 0.2) is 0 Å². The van der Waals surface area contributed by atoms with E-state index in [9.17, 15) is 9.00 Å². The minimum atomic E-state index is -1.04. The summed E-state index contributed by atoms with van der Waals surface area (Å²) in [5.74, 6) is -0.535. The summed E-state index contributed by atoms with van der Waals surface area (Å²) in [6, 6.07) is 3.19. The van der Waals surface area contributed by atoms with Crippen molar-refractivity contribution in [2.45, 2.75) is 14.7 Å². The maximum absolute atomic E-state index is 11.0. The number of carbonyl (C=O) groups is 1. The number of fused-ring (bicyclic) bond motifs is 1. The predicted octanol–water partition coefficient (Wildman–Crippen LogP) is 0.554. The standard InChI is InChI=1S/C7H5NO2S2/c8-7(9)3-1-2-4-6(5(3)11)12(4)10/h1-2,11H,(H2,8,9). The second-order valence-electron chi connectivity index (χ2n) is 2.42. The van der Waals surface area contributed by atoms with E-state index in [0.717, 1.165) is 4.90 Å². The van der Waals surface area contributed by atoms with Crippen LogP contribution in [0.4, 0.5) is 0 Å². The summed E-state index contributed by atoms with van der Waals surface area (Å²) in [5.41, 5.74) is 5.40. The zero-order valence-electron chi connectivity index (χ0n) is 5.90. The SMILES string of the molecule is NC(=O)c1ccc2c(c1S)S2=O. The molecule has 0 saturated heterocycles. The molecule has 1 heterocycles. The van der Waals surface area contributed by atoms with Crippen molar-refractivity contribution in [3.05, 3.63) is 17.7 Å². The van der Waals surface area contributed by atoms with Gasteiger partial charge in [-0.25, -0.2) is 4.21 Å².